The summed E-state index contributed by atoms with van der Waals surface area (Å²) >= 11 is 0. The van der Waals surface area contributed by atoms with E-state index in [-0.39, 0.29) is 75.6 Å². The Morgan fingerprint density at radius 3 is 0.705 bits per heavy atom. The van der Waals surface area contributed by atoms with E-state index >= 15 is 0 Å². The van der Waals surface area contributed by atoms with Gasteiger partial charge < -0.3 is 22.1 Å². The zero-order valence-corrected chi connectivity index (χ0v) is 31.5. The van der Waals surface area contributed by atoms with E-state index < -0.39 is 0 Å². The molecule has 15 nitrogen and oxygen atoms in total. The summed E-state index contributed by atoms with van der Waals surface area (Å²) in [7, 11) is 0. The lowest BCUT2D eigenvalue weighted by molar-refractivity contribution is 0.569. The van der Waals surface area contributed by atoms with Crippen molar-refractivity contribution in [1.82, 2.24) is 51.0 Å². The number of aromatic nitrogens is 10. The Morgan fingerprint density at radius 2 is 0.426 bits per heavy atom. The van der Waals surface area contributed by atoms with Crippen LogP contribution in [0.2, 0.25) is 0 Å². The molecule has 0 fully saturated rings. The molecule has 61 heavy (non-hydrogen) atoms. The van der Waals surface area contributed by atoms with Gasteiger partial charge in [-0.3, -0.25) is 0 Å². The minimum atomic E-state index is 0.0245. The number of nitrogens with zero attached hydrogens (tertiary/aromatic N) is 10. The molecule has 0 bridgehead atoms. The van der Waals surface area contributed by atoms with Crippen molar-refractivity contribution in [3.63, 3.8) is 0 Å². The Kier molecular flexibility index (Phi) is 8.70. The molecule has 5 aromatic heterocycles. The summed E-state index contributed by atoms with van der Waals surface area (Å²) in [6.07, 6.45) is 0. The van der Waals surface area contributed by atoms with Crippen LogP contribution >= 0.6 is 0 Å². The van der Waals surface area contributed by atoms with Gasteiger partial charge in [0, 0.05) is 27.8 Å². The largest absolute Gasteiger partial charge is 0.416 e. The highest BCUT2D eigenvalue weighted by Crippen LogP contribution is 2.50. The minimum Gasteiger partial charge on any atom is -0.416 e. The third-order valence-electron chi connectivity index (χ3n) is 9.66. The highest BCUT2D eigenvalue weighted by molar-refractivity contribution is 6.02. The van der Waals surface area contributed by atoms with E-state index in [0.717, 1.165) is 0 Å². The average molecular weight is 799 g/mol. The third kappa shape index (κ3) is 6.63. The van der Waals surface area contributed by atoms with Crippen molar-refractivity contribution in [1.29, 1.82) is 0 Å². The SMILES string of the molecule is c1ccc(-c2nnc(-c3cc(-c4nnc(-c5ccccc5)o4)c(-c4nnc(-c5ccccc5)o4)c(-c4nnc(-c5ccccc5)o4)c3-c3nnc(-c4ccccc4)o3)o2)cc1. The number of hydrogen-bond donors (Lipinski definition) is 0. The van der Waals surface area contributed by atoms with Crippen LogP contribution in [0.5, 0.6) is 0 Å². The fraction of sp³-hybridized carbons (Fsp3) is 0. The zero-order valence-electron chi connectivity index (χ0n) is 31.5. The predicted molar refractivity (Wildman–Crippen MR) is 220 cm³/mol. The van der Waals surface area contributed by atoms with Gasteiger partial charge in [0.2, 0.25) is 58.9 Å². The summed E-state index contributed by atoms with van der Waals surface area (Å²) in [5.41, 5.74) is 4.94. The molecule has 290 valence electrons. The topological polar surface area (TPSA) is 195 Å². The van der Waals surface area contributed by atoms with Gasteiger partial charge in [0.1, 0.15) is 0 Å². The molecule has 0 atom stereocenters. The van der Waals surface area contributed by atoms with Crippen LogP contribution in [-0.4, -0.2) is 51.0 Å². The van der Waals surface area contributed by atoms with Crippen LogP contribution in [0.3, 0.4) is 0 Å². The zero-order chi connectivity index (χ0) is 40.5. The molecular weight excluding hydrogens is 773 g/mol. The van der Waals surface area contributed by atoms with Crippen LogP contribution in [-0.2, 0) is 0 Å². The first-order valence-corrected chi connectivity index (χ1v) is 18.9. The second-order valence-corrected chi connectivity index (χ2v) is 13.5. The van der Waals surface area contributed by atoms with Crippen molar-refractivity contribution < 1.29 is 22.1 Å². The average Bonchev–Trinajstić information content (AvgIpc) is 4.20. The molecule has 0 spiro atoms. The first-order valence-electron chi connectivity index (χ1n) is 18.9. The Bertz CT molecular complexity index is 3080. The van der Waals surface area contributed by atoms with E-state index in [1.165, 1.54) is 0 Å². The molecule has 11 aromatic rings. The van der Waals surface area contributed by atoms with E-state index in [9.17, 15) is 0 Å². The van der Waals surface area contributed by atoms with Gasteiger partial charge in [0.05, 0.1) is 27.8 Å². The van der Waals surface area contributed by atoms with Crippen LogP contribution in [0.4, 0.5) is 0 Å². The molecular formula is C46H26N10O5. The number of rotatable bonds is 10. The molecule has 6 aromatic carbocycles. The fourth-order valence-corrected chi connectivity index (χ4v) is 6.80. The fourth-order valence-electron chi connectivity index (χ4n) is 6.80. The Hall–Kier alpha value is -8.98. The molecule has 0 N–H and O–H groups in total. The van der Waals surface area contributed by atoms with E-state index in [1.807, 2.05) is 152 Å². The minimum absolute atomic E-state index is 0.0245. The number of benzene rings is 6. The van der Waals surface area contributed by atoms with E-state index in [0.29, 0.717) is 38.9 Å². The van der Waals surface area contributed by atoms with E-state index in [1.54, 1.807) is 6.07 Å². The van der Waals surface area contributed by atoms with Crippen LogP contribution in [0.25, 0.3) is 115 Å². The summed E-state index contributed by atoms with van der Waals surface area (Å²) in [4.78, 5) is 0. The lowest BCUT2D eigenvalue weighted by Gasteiger charge is -2.14. The Balaban J connectivity index is 1.24. The maximum Gasteiger partial charge on any atom is 0.249 e. The smallest absolute Gasteiger partial charge is 0.249 e. The second kappa shape index (κ2) is 15.1. The van der Waals surface area contributed by atoms with Crippen LogP contribution in [0.1, 0.15) is 0 Å². The van der Waals surface area contributed by atoms with Crippen molar-refractivity contribution in [2.24, 2.45) is 0 Å². The molecule has 0 radical (unpaired) electrons. The van der Waals surface area contributed by atoms with Crippen molar-refractivity contribution in [3.8, 4) is 115 Å². The van der Waals surface area contributed by atoms with Crippen LogP contribution in [0.15, 0.2) is 180 Å². The van der Waals surface area contributed by atoms with Crippen LogP contribution in [0, 0.1) is 0 Å². The molecule has 0 saturated heterocycles. The van der Waals surface area contributed by atoms with Crippen molar-refractivity contribution >= 4 is 0 Å². The quantitative estimate of drug-likeness (QED) is 0.127. The van der Waals surface area contributed by atoms with Crippen molar-refractivity contribution in [3.05, 3.63) is 158 Å². The van der Waals surface area contributed by atoms with Crippen molar-refractivity contribution in [2.45, 2.75) is 0 Å². The third-order valence-corrected chi connectivity index (χ3v) is 9.66. The van der Waals surface area contributed by atoms with Gasteiger partial charge in [-0.1, -0.05) is 91.0 Å². The standard InChI is InChI=1S/C46H26N10O5/c1-6-16-27(17-7-1)37-47-52-42(57-37)32-26-33(43-53-48-38(58-43)28-18-8-2-9-19-28)35(45-55-50-40(60-45)30-22-12-4-13-23-30)36(46-56-51-41(61-46)31-24-14-5-15-25-31)34(32)44-54-49-39(59-44)29-20-10-3-11-21-29/h1-26H. The first kappa shape index (κ1) is 35.2. The Morgan fingerprint density at radius 1 is 0.213 bits per heavy atom. The molecule has 0 aliphatic rings. The summed E-state index contributed by atoms with van der Waals surface area (Å²) in [5.74, 6) is 1.56. The molecule has 15 heteroatoms. The highest BCUT2D eigenvalue weighted by atomic mass is 16.4. The second-order valence-electron chi connectivity index (χ2n) is 13.5. The van der Waals surface area contributed by atoms with E-state index in [4.69, 9.17) is 22.1 Å². The van der Waals surface area contributed by atoms with Gasteiger partial charge >= 0.3 is 0 Å². The normalized spacial score (nSPS) is 11.3. The highest BCUT2D eigenvalue weighted by Gasteiger charge is 2.35. The van der Waals surface area contributed by atoms with Gasteiger partial charge in [0.25, 0.3) is 0 Å². The molecule has 0 aliphatic heterocycles. The summed E-state index contributed by atoms with van der Waals surface area (Å²) in [6.45, 7) is 0. The molecule has 0 aliphatic carbocycles. The van der Waals surface area contributed by atoms with Crippen LogP contribution < -0.4 is 0 Å². The summed E-state index contributed by atoms with van der Waals surface area (Å²) in [6, 6.07) is 48.7. The summed E-state index contributed by atoms with van der Waals surface area (Å²) in [5, 5.41) is 45.1. The maximum absolute atomic E-state index is 6.56. The van der Waals surface area contributed by atoms with Gasteiger partial charge in [-0.05, 0) is 66.7 Å². The summed E-state index contributed by atoms with van der Waals surface area (Å²) < 4.78 is 32.5. The molecule has 5 heterocycles. The van der Waals surface area contributed by atoms with Gasteiger partial charge in [-0.15, -0.1) is 51.0 Å². The molecule has 0 saturated carbocycles. The van der Waals surface area contributed by atoms with Gasteiger partial charge in [-0.2, -0.15) is 0 Å². The maximum atomic E-state index is 6.56. The lowest BCUT2D eigenvalue weighted by atomic mass is 9.90. The lowest BCUT2D eigenvalue weighted by Crippen LogP contribution is -1.99. The first-order chi connectivity index (χ1) is 30.2. The van der Waals surface area contributed by atoms with Gasteiger partial charge in [0.15, 0.2) is 0 Å². The number of hydrogen-bond acceptors (Lipinski definition) is 15. The Labute approximate surface area is 344 Å². The molecule has 0 amide bonds. The monoisotopic (exact) mass is 798 g/mol. The molecule has 0 unspecified atom stereocenters. The molecule has 11 rings (SSSR count). The van der Waals surface area contributed by atoms with Gasteiger partial charge in [-0.25, -0.2) is 0 Å². The van der Waals surface area contributed by atoms with Crippen molar-refractivity contribution in [2.75, 3.05) is 0 Å². The van der Waals surface area contributed by atoms with E-state index in [2.05, 4.69) is 51.0 Å². The predicted octanol–water partition coefficient (Wildman–Crippen LogP) is 10.3.